The highest BCUT2D eigenvalue weighted by Crippen LogP contribution is 2.31. The van der Waals surface area contributed by atoms with Crippen LogP contribution >= 0.6 is 0 Å². The lowest BCUT2D eigenvalue weighted by Crippen LogP contribution is -2.40. The van der Waals surface area contributed by atoms with E-state index in [4.69, 9.17) is 0 Å². The molecule has 0 saturated carbocycles. The van der Waals surface area contributed by atoms with Crippen molar-refractivity contribution in [1.29, 1.82) is 0 Å². The van der Waals surface area contributed by atoms with E-state index in [1.807, 2.05) is 11.0 Å². The van der Waals surface area contributed by atoms with Crippen molar-refractivity contribution < 1.29 is 14.5 Å². The van der Waals surface area contributed by atoms with Gasteiger partial charge < -0.3 is 15.1 Å². The number of carbonyl (C=O) groups excluding carboxylic acids is 2. The molecule has 2 saturated heterocycles. The normalized spacial score (nSPS) is 17.5. The molecule has 34 heavy (non-hydrogen) atoms. The molecule has 0 bridgehead atoms. The molecule has 8 heteroatoms. The summed E-state index contributed by atoms with van der Waals surface area (Å²) in [5.41, 5.74) is 2.06. The number of nitro groups is 1. The van der Waals surface area contributed by atoms with Crippen LogP contribution in [0.15, 0.2) is 42.5 Å². The van der Waals surface area contributed by atoms with Crippen LogP contribution in [0.1, 0.15) is 60.2 Å². The van der Waals surface area contributed by atoms with E-state index in [2.05, 4.69) is 24.1 Å². The molecule has 0 aliphatic carbocycles. The van der Waals surface area contributed by atoms with E-state index < -0.39 is 10.8 Å². The van der Waals surface area contributed by atoms with Gasteiger partial charge in [-0.1, -0.05) is 19.9 Å². The van der Waals surface area contributed by atoms with Crippen LogP contribution in [0, 0.1) is 22.0 Å². The maximum atomic E-state index is 13.6. The lowest BCUT2D eigenvalue weighted by Gasteiger charge is -2.35. The van der Waals surface area contributed by atoms with Crippen LogP contribution in [-0.2, 0) is 0 Å². The first kappa shape index (κ1) is 23.7. The molecule has 2 heterocycles. The first-order valence-electron chi connectivity index (χ1n) is 12.1. The SMILES string of the molecule is CC1CCN(C(=O)c2cc(NC(=O)c3cccc([N+](=O)[O-])c3)ccc2N2CCC(C)CC2)CC1. The number of nitrogens with one attached hydrogen (secondary N) is 1. The van der Waals surface area contributed by atoms with Gasteiger partial charge in [-0.3, -0.25) is 19.7 Å². The third kappa shape index (κ3) is 5.38. The summed E-state index contributed by atoms with van der Waals surface area (Å²) in [7, 11) is 0. The monoisotopic (exact) mass is 464 g/mol. The summed E-state index contributed by atoms with van der Waals surface area (Å²) < 4.78 is 0. The van der Waals surface area contributed by atoms with Crippen LogP contribution in [0.25, 0.3) is 0 Å². The van der Waals surface area contributed by atoms with Crippen LogP contribution in [0.5, 0.6) is 0 Å². The van der Waals surface area contributed by atoms with E-state index >= 15 is 0 Å². The number of carbonyl (C=O) groups is 2. The molecule has 4 rings (SSSR count). The van der Waals surface area contributed by atoms with Crippen LogP contribution in [0.3, 0.4) is 0 Å². The minimum absolute atomic E-state index is 0.00744. The van der Waals surface area contributed by atoms with Crippen molar-refractivity contribution in [2.24, 2.45) is 11.8 Å². The zero-order valence-corrected chi connectivity index (χ0v) is 19.8. The highest BCUT2D eigenvalue weighted by atomic mass is 16.6. The molecule has 2 aromatic rings. The third-order valence-electron chi connectivity index (χ3n) is 7.00. The fourth-order valence-corrected chi connectivity index (χ4v) is 4.66. The first-order chi connectivity index (χ1) is 16.3. The number of piperidine rings is 2. The van der Waals surface area contributed by atoms with Gasteiger partial charge in [0.05, 0.1) is 10.5 Å². The van der Waals surface area contributed by atoms with Gasteiger partial charge in [-0.2, -0.15) is 0 Å². The van der Waals surface area contributed by atoms with Crippen molar-refractivity contribution in [3.63, 3.8) is 0 Å². The molecule has 0 spiro atoms. The maximum absolute atomic E-state index is 13.6. The average molecular weight is 465 g/mol. The van der Waals surface area contributed by atoms with Gasteiger partial charge in [-0.25, -0.2) is 0 Å². The Morgan fingerprint density at radius 2 is 1.59 bits per heavy atom. The summed E-state index contributed by atoms with van der Waals surface area (Å²) >= 11 is 0. The van der Waals surface area contributed by atoms with Crippen LogP contribution in [0.4, 0.5) is 17.1 Å². The lowest BCUT2D eigenvalue weighted by molar-refractivity contribution is -0.384. The van der Waals surface area contributed by atoms with E-state index in [1.165, 1.54) is 24.3 Å². The molecule has 2 aliphatic rings. The summed E-state index contributed by atoms with van der Waals surface area (Å²) in [6.45, 7) is 7.74. The molecule has 2 fully saturated rings. The summed E-state index contributed by atoms with van der Waals surface area (Å²) in [4.78, 5) is 41.1. The number of rotatable bonds is 5. The van der Waals surface area contributed by atoms with Gasteiger partial charge in [0.1, 0.15) is 0 Å². The number of likely N-dealkylation sites (tertiary alicyclic amines) is 1. The first-order valence-corrected chi connectivity index (χ1v) is 12.1. The van der Waals surface area contributed by atoms with Crippen molar-refractivity contribution in [3.05, 3.63) is 63.7 Å². The second-order valence-corrected chi connectivity index (χ2v) is 9.64. The van der Waals surface area contributed by atoms with E-state index in [9.17, 15) is 19.7 Å². The fourth-order valence-electron chi connectivity index (χ4n) is 4.66. The van der Waals surface area contributed by atoms with Crippen molar-refractivity contribution in [2.45, 2.75) is 39.5 Å². The maximum Gasteiger partial charge on any atom is 0.270 e. The zero-order chi connectivity index (χ0) is 24.2. The average Bonchev–Trinajstić information content (AvgIpc) is 2.84. The Hall–Kier alpha value is -3.42. The second-order valence-electron chi connectivity index (χ2n) is 9.64. The van der Waals surface area contributed by atoms with Gasteiger partial charge >= 0.3 is 0 Å². The van der Waals surface area contributed by atoms with E-state index in [1.54, 1.807) is 12.1 Å². The van der Waals surface area contributed by atoms with E-state index in [0.29, 0.717) is 23.1 Å². The number of non-ortho nitro benzene ring substituents is 1. The number of nitrogens with zero attached hydrogens (tertiary/aromatic N) is 3. The minimum Gasteiger partial charge on any atom is -0.371 e. The molecule has 0 radical (unpaired) electrons. The fraction of sp³-hybridized carbons (Fsp3) is 0.462. The van der Waals surface area contributed by atoms with Crippen LogP contribution < -0.4 is 10.2 Å². The van der Waals surface area contributed by atoms with Crippen LogP contribution in [-0.4, -0.2) is 47.8 Å². The molecule has 2 amide bonds. The number of hydrogen-bond donors (Lipinski definition) is 1. The third-order valence-corrected chi connectivity index (χ3v) is 7.00. The predicted octanol–water partition coefficient (Wildman–Crippen LogP) is 4.96. The Morgan fingerprint density at radius 3 is 2.24 bits per heavy atom. The largest absolute Gasteiger partial charge is 0.371 e. The molecule has 1 N–H and O–H groups in total. The molecular weight excluding hydrogens is 432 g/mol. The Balaban J connectivity index is 1.60. The summed E-state index contributed by atoms with van der Waals surface area (Å²) in [6, 6.07) is 11.1. The molecule has 0 aromatic heterocycles. The topological polar surface area (TPSA) is 95.8 Å². The van der Waals surface area contributed by atoms with Gasteiger partial charge in [0.2, 0.25) is 0 Å². The quantitative estimate of drug-likeness (QED) is 0.499. The Bertz CT molecular complexity index is 1070. The van der Waals surface area contributed by atoms with Gasteiger partial charge in [-0.15, -0.1) is 0 Å². The molecule has 0 unspecified atom stereocenters. The van der Waals surface area contributed by atoms with Crippen molar-refractivity contribution in [2.75, 3.05) is 36.4 Å². The highest BCUT2D eigenvalue weighted by Gasteiger charge is 2.27. The standard InChI is InChI=1S/C26H32N4O4/c1-18-8-12-28(13-9-18)24-7-6-21(17-23(24)26(32)29-14-10-19(2)11-15-29)27-25(31)20-4-3-5-22(16-20)30(33)34/h3-7,16-19H,8-15H2,1-2H3,(H,27,31). The lowest BCUT2D eigenvalue weighted by atomic mass is 9.96. The molecule has 2 aliphatic heterocycles. The second kappa shape index (κ2) is 10.2. The number of anilines is 2. The number of nitro benzene ring substituents is 1. The van der Waals surface area contributed by atoms with Crippen LogP contribution in [0.2, 0.25) is 0 Å². The molecule has 180 valence electrons. The zero-order valence-electron chi connectivity index (χ0n) is 19.8. The van der Waals surface area contributed by atoms with Crippen molar-refractivity contribution >= 4 is 28.9 Å². The molecule has 8 nitrogen and oxygen atoms in total. The van der Waals surface area contributed by atoms with E-state index in [-0.39, 0.29) is 17.2 Å². The predicted molar refractivity (Wildman–Crippen MR) is 132 cm³/mol. The highest BCUT2D eigenvalue weighted by molar-refractivity contribution is 6.06. The van der Waals surface area contributed by atoms with Gasteiger partial charge in [0.15, 0.2) is 0 Å². The van der Waals surface area contributed by atoms with Gasteiger partial charge in [-0.05, 0) is 61.8 Å². The molecule has 0 atom stereocenters. The summed E-state index contributed by atoms with van der Waals surface area (Å²) in [5.74, 6) is 0.834. The molecular formula is C26H32N4O4. The minimum atomic E-state index is -0.526. The summed E-state index contributed by atoms with van der Waals surface area (Å²) in [6.07, 6.45) is 4.15. The number of hydrogen-bond acceptors (Lipinski definition) is 5. The van der Waals surface area contributed by atoms with Gasteiger partial charge in [0, 0.05) is 55.2 Å². The van der Waals surface area contributed by atoms with Crippen molar-refractivity contribution in [3.8, 4) is 0 Å². The Labute approximate surface area is 200 Å². The van der Waals surface area contributed by atoms with Gasteiger partial charge in [0.25, 0.3) is 17.5 Å². The molecule has 2 aromatic carbocycles. The summed E-state index contributed by atoms with van der Waals surface area (Å²) in [5, 5.41) is 13.9. The number of amides is 2. The Kier molecular flexibility index (Phi) is 7.14. The van der Waals surface area contributed by atoms with E-state index in [0.717, 1.165) is 57.5 Å². The Morgan fingerprint density at radius 1 is 0.941 bits per heavy atom. The number of benzene rings is 2. The smallest absolute Gasteiger partial charge is 0.270 e. The van der Waals surface area contributed by atoms with Crippen molar-refractivity contribution in [1.82, 2.24) is 4.90 Å².